The van der Waals surface area contributed by atoms with Crippen LogP contribution in [0.3, 0.4) is 0 Å². The molecule has 0 saturated carbocycles. The van der Waals surface area contributed by atoms with Gasteiger partial charge < -0.3 is 4.90 Å². The fraction of sp³-hybridized carbons (Fsp3) is 0.214. The van der Waals surface area contributed by atoms with Gasteiger partial charge in [0.05, 0.1) is 12.0 Å². The van der Waals surface area contributed by atoms with Crippen LogP contribution in [0, 0.1) is 0 Å². The number of amides is 1. The van der Waals surface area contributed by atoms with Crippen LogP contribution in [0.15, 0.2) is 47.2 Å². The van der Waals surface area contributed by atoms with Gasteiger partial charge in [0.1, 0.15) is 0 Å². The molecule has 2 atom stereocenters. The second-order valence-corrected chi connectivity index (χ2v) is 5.12. The maximum absolute atomic E-state index is 12.0. The second-order valence-electron chi connectivity index (χ2n) is 4.34. The zero-order valence-electron chi connectivity index (χ0n) is 9.54. The molecule has 1 fully saturated rings. The number of carbonyl (C=O) groups excluding carboxylic acids is 1. The molecule has 0 N–H and O–H groups in total. The zero-order chi connectivity index (χ0) is 11.8. The van der Waals surface area contributed by atoms with Gasteiger partial charge in [-0.1, -0.05) is 30.3 Å². The molecule has 1 aromatic heterocycles. The van der Waals surface area contributed by atoms with Crippen molar-refractivity contribution in [3.63, 3.8) is 0 Å². The Morgan fingerprint density at radius 3 is 2.53 bits per heavy atom. The molecule has 3 rings (SSSR count). The van der Waals surface area contributed by atoms with Crippen LogP contribution < -0.4 is 0 Å². The van der Waals surface area contributed by atoms with E-state index >= 15 is 0 Å². The van der Waals surface area contributed by atoms with Crippen molar-refractivity contribution in [2.24, 2.45) is 0 Å². The van der Waals surface area contributed by atoms with Gasteiger partial charge in [-0.3, -0.25) is 4.79 Å². The van der Waals surface area contributed by atoms with Crippen LogP contribution in [0.1, 0.15) is 23.1 Å². The Morgan fingerprint density at radius 2 is 1.88 bits per heavy atom. The monoisotopic (exact) mass is 243 g/mol. The van der Waals surface area contributed by atoms with E-state index in [9.17, 15) is 4.79 Å². The lowest BCUT2D eigenvalue weighted by atomic mass is 9.79. The number of likely N-dealkylation sites (tertiary alicyclic amines) is 1. The SMILES string of the molecule is CN1C(=O)[C@@H](c2ccsc2)[C@@H]1c1ccccc1. The number of hydrogen-bond acceptors (Lipinski definition) is 2. The third-order valence-electron chi connectivity index (χ3n) is 3.39. The zero-order valence-corrected chi connectivity index (χ0v) is 10.4. The summed E-state index contributed by atoms with van der Waals surface area (Å²) in [6.45, 7) is 0. The van der Waals surface area contributed by atoms with Crippen molar-refractivity contribution in [2.75, 3.05) is 7.05 Å². The van der Waals surface area contributed by atoms with Gasteiger partial charge in [0, 0.05) is 7.05 Å². The van der Waals surface area contributed by atoms with Crippen molar-refractivity contribution in [1.29, 1.82) is 0 Å². The Morgan fingerprint density at radius 1 is 1.12 bits per heavy atom. The topological polar surface area (TPSA) is 20.3 Å². The van der Waals surface area contributed by atoms with E-state index in [4.69, 9.17) is 0 Å². The third-order valence-corrected chi connectivity index (χ3v) is 4.09. The molecular formula is C14H13NOS. The van der Waals surface area contributed by atoms with E-state index in [-0.39, 0.29) is 17.9 Å². The average Bonchev–Trinajstić information content (AvgIpc) is 2.88. The standard InChI is InChI=1S/C14H13NOS/c1-15-13(10-5-3-2-4-6-10)12(14(15)16)11-7-8-17-9-11/h2-9,12-13H,1H3/t12-,13-/m0/s1. The Hall–Kier alpha value is -1.61. The summed E-state index contributed by atoms with van der Waals surface area (Å²) < 4.78 is 0. The first-order chi connectivity index (χ1) is 8.29. The van der Waals surface area contributed by atoms with Gasteiger partial charge in [-0.2, -0.15) is 11.3 Å². The van der Waals surface area contributed by atoms with Crippen LogP contribution in [0.5, 0.6) is 0 Å². The highest BCUT2D eigenvalue weighted by atomic mass is 32.1. The van der Waals surface area contributed by atoms with Gasteiger partial charge in [0.15, 0.2) is 0 Å². The molecule has 17 heavy (non-hydrogen) atoms. The molecule has 86 valence electrons. The second kappa shape index (κ2) is 4.00. The Labute approximate surface area is 105 Å². The molecule has 0 spiro atoms. The molecule has 0 aliphatic carbocycles. The molecule has 0 unspecified atom stereocenters. The predicted molar refractivity (Wildman–Crippen MR) is 69.0 cm³/mol. The van der Waals surface area contributed by atoms with Crippen molar-refractivity contribution >= 4 is 17.2 Å². The van der Waals surface area contributed by atoms with E-state index in [1.165, 1.54) is 5.56 Å². The first-order valence-corrected chi connectivity index (χ1v) is 6.57. The smallest absolute Gasteiger partial charge is 0.232 e. The number of carbonyl (C=O) groups is 1. The van der Waals surface area contributed by atoms with Crippen molar-refractivity contribution < 1.29 is 4.79 Å². The normalized spacial score (nSPS) is 23.6. The Balaban J connectivity index is 1.96. The summed E-state index contributed by atoms with van der Waals surface area (Å²) in [4.78, 5) is 13.8. The van der Waals surface area contributed by atoms with Crippen LogP contribution in [0.4, 0.5) is 0 Å². The van der Waals surface area contributed by atoms with Crippen LogP contribution in [0.25, 0.3) is 0 Å². The molecule has 1 aliphatic heterocycles. The van der Waals surface area contributed by atoms with E-state index in [0.29, 0.717) is 0 Å². The maximum atomic E-state index is 12.0. The van der Waals surface area contributed by atoms with Gasteiger partial charge in [-0.15, -0.1) is 0 Å². The number of β-lactam (4-membered cyclic amide) rings is 1. The lowest BCUT2D eigenvalue weighted by molar-refractivity contribution is -0.147. The van der Waals surface area contributed by atoms with E-state index in [1.807, 2.05) is 35.5 Å². The molecule has 0 radical (unpaired) electrons. The molecule has 1 amide bonds. The molecule has 1 aliphatic rings. The molecule has 3 heteroatoms. The highest BCUT2D eigenvalue weighted by molar-refractivity contribution is 7.08. The van der Waals surface area contributed by atoms with Crippen LogP contribution in [0.2, 0.25) is 0 Å². The highest BCUT2D eigenvalue weighted by Gasteiger charge is 2.46. The minimum absolute atomic E-state index is 0.00801. The lowest BCUT2D eigenvalue weighted by Gasteiger charge is -2.45. The number of likely N-dealkylation sites (N-methyl/N-ethyl adjacent to an activating group) is 1. The summed E-state index contributed by atoms with van der Waals surface area (Å²) >= 11 is 1.65. The highest BCUT2D eigenvalue weighted by Crippen LogP contribution is 2.45. The summed E-state index contributed by atoms with van der Waals surface area (Å²) in [5, 5.41) is 4.11. The van der Waals surface area contributed by atoms with Crippen molar-refractivity contribution in [1.82, 2.24) is 4.90 Å². The first-order valence-electron chi connectivity index (χ1n) is 5.63. The van der Waals surface area contributed by atoms with E-state index in [1.54, 1.807) is 11.3 Å². The number of nitrogens with zero attached hydrogens (tertiary/aromatic N) is 1. The summed E-state index contributed by atoms with van der Waals surface area (Å²) in [6.07, 6.45) is 0. The van der Waals surface area contributed by atoms with Gasteiger partial charge in [0.25, 0.3) is 0 Å². The minimum atomic E-state index is 0.00801. The number of benzene rings is 1. The van der Waals surface area contributed by atoms with Crippen LogP contribution in [-0.2, 0) is 4.79 Å². The van der Waals surface area contributed by atoms with E-state index in [0.717, 1.165) is 5.56 Å². The number of hydrogen-bond donors (Lipinski definition) is 0. The van der Waals surface area contributed by atoms with Crippen molar-refractivity contribution in [3.8, 4) is 0 Å². The molecule has 2 heterocycles. The summed E-state index contributed by atoms with van der Waals surface area (Å²) in [5.74, 6) is 0.228. The Kier molecular flexibility index (Phi) is 2.48. The third kappa shape index (κ3) is 1.58. The Bertz CT molecular complexity index is 520. The summed E-state index contributed by atoms with van der Waals surface area (Å²) in [7, 11) is 1.88. The largest absolute Gasteiger partial charge is 0.337 e. The quantitative estimate of drug-likeness (QED) is 0.742. The first kappa shape index (κ1) is 10.5. The summed E-state index contributed by atoms with van der Waals surface area (Å²) in [5.41, 5.74) is 2.36. The summed E-state index contributed by atoms with van der Waals surface area (Å²) in [6, 6.07) is 12.5. The fourth-order valence-electron chi connectivity index (χ4n) is 2.48. The molecule has 0 bridgehead atoms. The van der Waals surface area contributed by atoms with E-state index < -0.39 is 0 Å². The van der Waals surface area contributed by atoms with E-state index in [2.05, 4.69) is 23.6 Å². The molecular weight excluding hydrogens is 230 g/mol. The predicted octanol–water partition coefficient (Wildman–Crippen LogP) is 3.05. The maximum Gasteiger partial charge on any atom is 0.232 e. The molecule has 1 aromatic carbocycles. The molecule has 1 saturated heterocycles. The number of thiophene rings is 1. The lowest BCUT2D eigenvalue weighted by Crippen LogP contribution is -2.50. The number of rotatable bonds is 2. The average molecular weight is 243 g/mol. The molecule has 2 nitrogen and oxygen atoms in total. The fourth-order valence-corrected chi connectivity index (χ4v) is 3.17. The van der Waals surface area contributed by atoms with Crippen molar-refractivity contribution in [2.45, 2.75) is 12.0 Å². The molecule has 2 aromatic rings. The minimum Gasteiger partial charge on any atom is -0.337 e. The van der Waals surface area contributed by atoms with Gasteiger partial charge in [0.2, 0.25) is 5.91 Å². The van der Waals surface area contributed by atoms with Crippen molar-refractivity contribution in [3.05, 3.63) is 58.3 Å². The van der Waals surface area contributed by atoms with Crippen LogP contribution >= 0.6 is 11.3 Å². The van der Waals surface area contributed by atoms with Gasteiger partial charge in [-0.25, -0.2) is 0 Å². The van der Waals surface area contributed by atoms with Gasteiger partial charge >= 0.3 is 0 Å². The van der Waals surface area contributed by atoms with Crippen LogP contribution in [-0.4, -0.2) is 17.9 Å². The van der Waals surface area contributed by atoms with Gasteiger partial charge in [-0.05, 0) is 28.0 Å².